The Morgan fingerprint density at radius 3 is 2.22 bits per heavy atom. The van der Waals surface area contributed by atoms with Crippen molar-refractivity contribution in [2.45, 2.75) is 13.8 Å². The quantitative estimate of drug-likeness (QED) is 0.579. The number of anilines is 5. The summed E-state index contributed by atoms with van der Waals surface area (Å²) < 4.78 is 5.44. The summed E-state index contributed by atoms with van der Waals surface area (Å²) in [7, 11) is 0. The maximum Gasteiger partial charge on any atom is 0.229 e. The summed E-state index contributed by atoms with van der Waals surface area (Å²) in [5.41, 5.74) is 2.46. The first-order valence-corrected chi connectivity index (χ1v) is 8.60. The normalized spacial score (nSPS) is 10.1. The first-order valence-electron chi connectivity index (χ1n) is 8.60. The number of hydrogen-bond donors (Lipinski definition) is 3. The van der Waals surface area contributed by atoms with E-state index in [1.54, 1.807) is 12.3 Å². The molecule has 3 rings (SSSR count). The molecule has 0 saturated carbocycles. The fraction of sp³-hybridized carbons (Fsp3) is 0.150. The van der Waals surface area contributed by atoms with E-state index in [0.29, 0.717) is 18.4 Å². The summed E-state index contributed by atoms with van der Waals surface area (Å²) in [6, 6.07) is 16.8. The number of ether oxygens (including phenoxy) is 1. The molecule has 3 N–H and O–H groups in total. The maximum atomic E-state index is 11.1. The number of carbonyl (C=O) groups is 1. The second-order valence-corrected chi connectivity index (χ2v) is 5.73. The average Bonchev–Trinajstić information content (AvgIpc) is 2.65. The average molecular weight is 363 g/mol. The van der Waals surface area contributed by atoms with Gasteiger partial charge in [0.2, 0.25) is 11.9 Å². The molecule has 0 saturated heterocycles. The van der Waals surface area contributed by atoms with Gasteiger partial charge in [-0.05, 0) is 61.5 Å². The minimum atomic E-state index is -0.105. The number of rotatable bonds is 7. The van der Waals surface area contributed by atoms with Crippen LogP contribution in [0.4, 0.5) is 28.8 Å². The zero-order chi connectivity index (χ0) is 19.1. The summed E-state index contributed by atoms with van der Waals surface area (Å²) in [6.07, 6.45) is 1.68. The van der Waals surface area contributed by atoms with E-state index in [0.717, 1.165) is 22.8 Å². The lowest BCUT2D eigenvalue weighted by atomic mass is 10.3. The first-order chi connectivity index (χ1) is 13.1. The molecule has 0 bridgehead atoms. The maximum absolute atomic E-state index is 11.1. The number of carbonyl (C=O) groups excluding carboxylic acids is 1. The number of aromatic nitrogens is 2. The number of nitrogens with one attached hydrogen (secondary N) is 3. The molecule has 1 aromatic heterocycles. The highest BCUT2D eigenvalue weighted by Gasteiger charge is 2.02. The molecule has 7 heteroatoms. The van der Waals surface area contributed by atoms with Gasteiger partial charge >= 0.3 is 0 Å². The van der Waals surface area contributed by atoms with Crippen LogP contribution in [0.2, 0.25) is 0 Å². The van der Waals surface area contributed by atoms with E-state index in [4.69, 9.17) is 4.74 Å². The van der Waals surface area contributed by atoms with Crippen molar-refractivity contribution in [3.05, 3.63) is 60.8 Å². The third-order valence-corrected chi connectivity index (χ3v) is 3.55. The molecule has 138 valence electrons. The highest BCUT2D eigenvalue weighted by atomic mass is 16.5. The first kappa shape index (κ1) is 18.2. The summed E-state index contributed by atoms with van der Waals surface area (Å²) in [6.45, 7) is 4.07. The Labute approximate surface area is 157 Å². The van der Waals surface area contributed by atoms with Crippen LogP contribution in [0, 0.1) is 0 Å². The second kappa shape index (κ2) is 8.66. The standard InChI is InChI=1S/C20H21N5O2/c1-3-27-18-10-8-16(9-11-18)23-19-12-13-21-20(25-19)24-17-6-4-15(5-7-17)22-14(2)26/h4-13H,3H2,1-2H3,(H,22,26)(H2,21,23,24,25). The van der Waals surface area contributed by atoms with E-state index < -0.39 is 0 Å². The van der Waals surface area contributed by atoms with Crippen molar-refractivity contribution < 1.29 is 9.53 Å². The highest BCUT2D eigenvalue weighted by Crippen LogP contribution is 2.21. The van der Waals surface area contributed by atoms with E-state index in [9.17, 15) is 4.79 Å². The van der Waals surface area contributed by atoms with Gasteiger partial charge in [-0.1, -0.05) is 0 Å². The summed E-state index contributed by atoms with van der Waals surface area (Å²) in [5, 5.41) is 9.10. The number of benzene rings is 2. The Balaban J connectivity index is 1.65. The third-order valence-electron chi connectivity index (χ3n) is 3.55. The van der Waals surface area contributed by atoms with Gasteiger partial charge in [-0.3, -0.25) is 4.79 Å². The fourth-order valence-electron chi connectivity index (χ4n) is 2.41. The van der Waals surface area contributed by atoms with Crippen molar-refractivity contribution in [1.82, 2.24) is 9.97 Å². The number of hydrogen-bond acceptors (Lipinski definition) is 6. The molecular formula is C20H21N5O2. The van der Waals surface area contributed by atoms with Crippen LogP contribution in [0.25, 0.3) is 0 Å². The SMILES string of the molecule is CCOc1ccc(Nc2ccnc(Nc3ccc(NC(C)=O)cc3)n2)cc1. The van der Waals surface area contributed by atoms with Gasteiger partial charge in [0, 0.05) is 30.2 Å². The van der Waals surface area contributed by atoms with Crippen molar-refractivity contribution in [2.75, 3.05) is 22.6 Å². The third kappa shape index (κ3) is 5.43. The van der Waals surface area contributed by atoms with Crippen molar-refractivity contribution in [3.63, 3.8) is 0 Å². The Morgan fingerprint density at radius 2 is 1.56 bits per heavy atom. The smallest absolute Gasteiger partial charge is 0.229 e. The molecule has 1 heterocycles. The van der Waals surface area contributed by atoms with Crippen LogP contribution in [0.15, 0.2) is 60.8 Å². The summed E-state index contributed by atoms with van der Waals surface area (Å²) in [4.78, 5) is 19.8. The monoisotopic (exact) mass is 363 g/mol. The summed E-state index contributed by atoms with van der Waals surface area (Å²) >= 11 is 0. The van der Waals surface area contributed by atoms with Crippen LogP contribution in [-0.2, 0) is 4.79 Å². The molecule has 0 radical (unpaired) electrons. The molecule has 0 aliphatic heterocycles. The Hall–Kier alpha value is -3.61. The Morgan fingerprint density at radius 1 is 0.926 bits per heavy atom. The van der Waals surface area contributed by atoms with Crippen LogP contribution in [0.3, 0.4) is 0 Å². The molecule has 0 atom stereocenters. The lowest BCUT2D eigenvalue weighted by Gasteiger charge is -2.10. The zero-order valence-electron chi connectivity index (χ0n) is 15.2. The van der Waals surface area contributed by atoms with Gasteiger partial charge in [0.15, 0.2) is 0 Å². The molecule has 0 fully saturated rings. The lowest BCUT2D eigenvalue weighted by molar-refractivity contribution is -0.114. The Kier molecular flexibility index (Phi) is 5.84. The van der Waals surface area contributed by atoms with Gasteiger partial charge < -0.3 is 20.7 Å². The van der Waals surface area contributed by atoms with Gasteiger partial charge in [0.25, 0.3) is 0 Å². The largest absolute Gasteiger partial charge is 0.494 e. The van der Waals surface area contributed by atoms with Crippen LogP contribution >= 0.6 is 0 Å². The zero-order valence-corrected chi connectivity index (χ0v) is 15.2. The molecule has 7 nitrogen and oxygen atoms in total. The summed E-state index contributed by atoms with van der Waals surface area (Å²) in [5.74, 6) is 1.87. The molecule has 0 unspecified atom stereocenters. The van der Waals surface area contributed by atoms with Gasteiger partial charge in [-0.2, -0.15) is 4.98 Å². The predicted molar refractivity (Wildman–Crippen MR) is 107 cm³/mol. The lowest BCUT2D eigenvalue weighted by Crippen LogP contribution is -2.05. The fourth-order valence-corrected chi connectivity index (χ4v) is 2.41. The van der Waals surface area contributed by atoms with Crippen molar-refractivity contribution in [2.24, 2.45) is 0 Å². The van der Waals surface area contributed by atoms with Crippen LogP contribution in [0.1, 0.15) is 13.8 Å². The van der Waals surface area contributed by atoms with E-state index >= 15 is 0 Å². The van der Waals surface area contributed by atoms with Gasteiger partial charge in [-0.25, -0.2) is 4.98 Å². The molecule has 2 aromatic carbocycles. The van der Waals surface area contributed by atoms with E-state index in [-0.39, 0.29) is 5.91 Å². The minimum absolute atomic E-state index is 0.105. The predicted octanol–water partition coefficient (Wildman–Crippen LogP) is 4.32. The van der Waals surface area contributed by atoms with Crippen molar-refractivity contribution in [3.8, 4) is 5.75 Å². The highest BCUT2D eigenvalue weighted by molar-refractivity contribution is 5.88. The molecular weight excluding hydrogens is 342 g/mol. The van der Waals surface area contributed by atoms with Crippen molar-refractivity contribution in [1.29, 1.82) is 0 Å². The van der Waals surface area contributed by atoms with E-state index in [1.807, 2.05) is 55.5 Å². The van der Waals surface area contributed by atoms with E-state index in [2.05, 4.69) is 25.9 Å². The molecule has 0 aliphatic carbocycles. The minimum Gasteiger partial charge on any atom is -0.494 e. The van der Waals surface area contributed by atoms with Crippen LogP contribution in [-0.4, -0.2) is 22.5 Å². The van der Waals surface area contributed by atoms with Gasteiger partial charge in [-0.15, -0.1) is 0 Å². The van der Waals surface area contributed by atoms with Crippen LogP contribution < -0.4 is 20.7 Å². The topological polar surface area (TPSA) is 88.2 Å². The van der Waals surface area contributed by atoms with Crippen molar-refractivity contribution >= 4 is 34.7 Å². The van der Waals surface area contributed by atoms with E-state index in [1.165, 1.54) is 6.92 Å². The molecule has 3 aromatic rings. The molecule has 27 heavy (non-hydrogen) atoms. The molecule has 1 amide bonds. The molecule has 0 spiro atoms. The van der Waals surface area contributed by atoms with Gasteiger partial charge in [0.05, 0.1) is 6.61 Å². The van der Waals surface area contributed by atoms with Gasteiger partial charge in [0.1, 0.15) is 11.6 Å². The number of amides is 1. The van der Waals surface area contributed by atoms with Crippen LogP contribution in [0.5, 0.6) is 5.75 Å². The number of nitrogens with zero attached hydrogens (tertiary/aromatic N) is 2. The molecule has 0 aliphatic rings. The second-order valence-electron chi connectivity index (χ2n) is 5.73. The Bertz CT molecular complexity index is 895.